The standard InChI is InChI=1S/C11H14N2O2S/c1-5-13-10-8(6(2)7(3)16-10)9(14)12(4)11(13)15/h5H2,1-4H3. The lowest BCUT2D eigenvalue weighted by molar-refractivity contribution is 0.661. The van der Waals surface area contributed by atoms with E-state index in [0.29, 0.717) is 11.9 Å². The molecule has 0 fully saturated rings. The number of aromatic nitrogens is 2. The number of hydrogen-bond donors (Lipinski definition) is 0. The fraction of sp³-hybridized carbons (Fsp3) is 0.455. The molecule has 0 N–H and O–H groups in total. The van der Waals surface area contributed by atoms with E-state index in [2.05, 4.69) is 0 Å². The van der Waals surface area contributed by atoms with Crippen molar-refractivity contribution < 1.29 is 0 Å². The maximum absolute atomic E-state index is 12.0. The van der Waals surface area contributed by atoms with Crippen LogP contribution in [0.5, 0.6) is 0 Å². The highest BCUT2D eigenvalue weighted by Gasteiger charge is 2.15. The molecule has 0 amide bonds. The van der Waals surface area contributed by atoms with E-state index in [1.807, 2.05) is 20.8 Å². The Balaban J connectivity index is 3.17. The quantitative estimate of drug-likeness (QED) is 0.753. The molecule has 0 aromatic carbocycles. The van der Waals surface area contributed by atoms with E-state index < -0.39 is 0 Å². The highest BCUT2D eigenvalue weighted by atomic mass is 32.1. The van der Waals surface area contributed by atoms with E-state index in [4.69, 9.17) is 0 Å². The summed E-state index contributed by atoms with van der Waals surface area (Å²) in [5, 5.41) is 0.687. The first kappa shape index (κ1) is 11.1. The SMILES string of the molecule is CCn1c(=O)n(C)c(=O)c2c(C)c(C)sc21. The van der Waals surface area contributed by atoms with Gasteiger partial charge in [0.25, 0.3) is 5.56 Å². The van der Waals surface area contributed by atoms with Gasteiger partial charge < -0.3 is 0 Å². The number of thiophene rings is 1. The Morgan fingerprint density at radius 3 is 2.44 bits per heavy atom. The van der Waals surface area contributed by atoms with Crippen LogP contribution in [0.1, 0.15) is 17.4 Å². The first-order chi connectivity index (χ1) is 7.49. The van der Waals surface area contributed by atoms with Crippen molar-refractivity contribution in [1.29, 1.82) is 0 Å². The molecule has 2 aromatic rings. The van der Waals surface area contributed by atoms with Crippen LogP contribution in [0.4, 0.5) is 0 Å². The second kappa shape index (κ2) is 3.59. The van der Waals surface area contributed by atoms with Gasteiger partial charge in [0.2, 0.25) is 0 Å². The average Bonchev–Trinajstić information content (AvgIpc) is 2.53. The second-order valence-electron chi connectivity index (χ2n) is 3.85. The Bertz CT molecular complexity index is 676. The van der Waals surface area contributed by atoms with Gasteiger partial charge in [0, 0.05) is 18.5 Å². The number of fused-ring (bicyclic) bond motifs is 1. The molecule has 0 aliphatic carbocycles. The van der Waals surface area contributed by atoms with Crippen molar-refractivity contribution >= 4 is 21.6 Å². The summed E-state index contributed by atoms with van der Waals surface area (Å²) in [5.74, 6) is 0. The van der Waals surface area contributed by atoms with E-state index in [-0.39, 0.29) is 11.2 Å². The van der Waals surface area contributed by atoms with Gasteiger partial charge in [-0.15, -0.1) is 11.3 Å². The van der Waals surface area contributed by atoms with Crippen LogP contribution in [0.15, 0.2) is 9.59 Å². The maximum atomic E-state index is 12.0. The van der Waals surface area contributed by atoms with E-state index in [9.17, 15) is 9.59 Å². The Morgan fingerprint density at radius 2 is 1.88 bits per heavy atom. The molecule has 0 atom stereocenters. The zero-order valence-electron chi connectivity index (χ0n) is 9.83. The van der Waals surface area contributed by atoms with Gasteiger partial charge in [-0.2, -0.15) is 0 Å². The van der Waals surface area contributed by atoms with Gasteiger partial charge in [-0.1, -0.05) is 0 Å². The molecule has 2 rings (SSSR count). The van der Waals surface area contributed by atoms with Crippen molar-refractivity contribution in [2.75, 3.05) is 0 Å². The topological polar surface area (TPSA) is 44.0 Å². The summed E-state index contributed by atoms with van der Waals surface area (Å²) in [6.07, 6.45) is 0. The minimum Gasteiger partial charge on any atom is -0.285 e. The number of rotatable bonds is 1. The fourth-order valence-corrected chi connectivity index (χ4v) is 3.06. The Labute approximate surface area is 96.8 Å². The first-order valence-corrected chi connectivity index (χ1v) is 6.00. The average molecular weight is 238 g/mol. The van der Waals surface area contributed by atoms with Crippen LogP contribution < -0.4 is 11.2 Å². The van der Waals surface area contributed by atoms with Crippen LogP contribution in [-0.4, -0.2) is 9.13 Å². The summed E-state index contributed by atoms with van der Waals surface area (Å²) in [5.41, 5.74) is 0.565. The molecule has 0 aliphatic heterocycles. The smallest absolute Gasteiger partial charge is 0.285 e. The molecular weight excluding hydrogens is 224 g/mol. The third-order valence-electron chi connectivity index (χ3n) is 2.96. The fourth-order valence-electron chi connectivity index (χ4n) is 1.85. The molecule has 0 bridgehead atoms. The first-order valence-electron chi connectivity index (χ1n) is 5.18. The van der Waals surface area contributed by atoms with Crippen molar-refractivity contribution in [1.82, 2.24) is 9.13 Å². The maximum Gasteiger partial charge on any atom is 0.331 e. The van der Waals surface area contributed by atoms with Gasteiger partial charge in [0.1, 0.15) is 4.83 Å². The number of hydrogen-bond acceptors (Lipinski definition) is 3. The van der Waals surface area contributed by atoms with Crippen molar-refractivity contribution in [3.05, 3.63) is 31.3 Å². The molecule has 86 valence electrons. The van der Waals surface area contributed by atoms with Gasteiger partial charge >= 0.3 is 5.69 Å². The van der Waals surface area contributed by atoms with Crippen molar-refractivity contribution in [2.45, 2.75) is 27.3 Å². The number of aryl methyl sites for hydroxylation is 3. The summed E-state index contributed by atoms with van der Waals surface area (Å²) in [6, 6.07) is 0. The third kappa shape index (κ3) is 1.28. The van der Waals surface area contributed by atoms with Crippen molar-refractivity contribution in [3.8, 4) is 0 Å². The highest BCUT2D eigenvalue weighted by Crippen LogP contribution is 2.26. The van der Waals surface area contributed by atoms with Crippen molar-refractivity contribution in [2.24, 2.45) is 7.05 Å². The molecule has 0 unspecified atom stereocenters. The third-order valence-corrected chi connectivity index (χ3v) is 4.19. The predicted octanol–water partition coefficient (Wildman–Crippen LogP) is 1.40. The minimum absolute atomic E-state index is 0.188. The van der Waals surface area contributed by atoms with Gasteiger partial charge in [-0.3, -0.25) is 13.9 Å². The predicted molar refractivity (Wildman–Crippen MR) is 66.5 cm³/mol. The van der Waals surface area contributed by atoms with Crippen LogP contribution in [0, 0.1) is 13.8 Å². The Morgan fingerprint density at radius 1 is 1.25 bits per heavy atom. The molecule has 0 saturated carbocycles. The molecule has 5 heteroatoms. The normalized spacial score (nSPS) is 11.2. The Kier molecular flexibility index (Phi) is 2.50. The summed E-state index contributed by atoms with van der Waals surface area (Å²) in [7, 11) is 1.53. The molecule has 4 nitrogen and oxygen atoms in total. The lowest BCUT2D eigenvalue weighted by atomic mass is 10.2. The zero-order chi connectivity index (χ0) is 12.0. The molecule has 16 heavy (non-hydrogen) atoms. The largest absolute Gasteiger partial charge is 0.331 e. The van der Waals surface area contributed by atoms with Gasteiger partial charge in [-0.25, -0.2) is 4.79 Å². The summed E-state index contributed by atoms with van der Waals surface area (Å²) < 4.78 is 2.84. The van der Waals surface area contributed by atoms with Gasteiger partial charge in [0.05, 0.1) is 5.39 Å². The van der Waals surface area contributed by atoms with E-state index in [0.717, 1.165) is 15.3 Å². The Hall–Kier alpha value is -1.36. The van der Waals surface area contributed by atoms with E-state index >= 15 is 0 Å². The summed E-state index contributed by atoms with van der Waals surface area (Å²) >= 11 is 1.52. The summed E-state index contributed by atoms with van der Waals surface area (Å²) in [6.45, 7) is 6.41. The van der Waals surface area contributed by atoms with Crippen LogP contribution in [0.3, 0.4) is 0 Å². The molecule has 0 aliphatic rings. The lowest BCUT2D eigenvalue weighted by Gasteiger charge is -2.06. The highest BCUT2D eigenvalue weighted by molar-refractivity contribution is 7.18. The van der Waals surface area contributed by atoms with E-state index in [1.165, 1.54) is 23.0 Å². The van der Waals surface area contributed by atoms with Gasteiger partial charge in [0.15, 0.2) is 0 Å². The second-order valence-corrected chi connectivity index (χ2v) is 5.06. The molecule has 0 saturated heterocycles. The summed E-state index contributed by atoms with van der Waals surface area (Å²) in [4.78, 5) is 25.8. The molecule has 0 spiro atoms. The molecule has 0 radical (unpaired) electrons. The van der Waals surface area contributed by atoms with Crippen LogP contribution in [0.2, 0.25) is 0 Å². The lowest BCUT2D eigenvalue weighted by Crippen LogP contribution is -2.37. The van der Waals surface area contributed by atoms with Crippen LogP contribution in [-0.2, 0) is 13.6 Å². The van der Waals surface area contributed by atoms with Crippen LogP contribution >= 0.6 is 11.3 Å². The molecular formula is C11H14N2O2S. The monoisotopic (exact) mass is 238 g/mol. The van der Waals surface area contributed by atoms with Crippen molar-refractivity contribution in [3.63, 3.8) is 0 Å². The molecule has 2 heterocycles. The van der Waals surface area contributed by atoms with E-state index in [1.54, 1.807) is 4.57 Å². The van der Waals surface area contributed by atoms with Gasteiger partial charge in [-0.05, 0) is 26.3 Å². The number of nitrogens with zero attached hydrogens (tertiary/aromatic N) is 2. The minimum atomic E-state index is -0.235. The van der Waals surface area contributed by atoms with Crippen LogP contribution in [0.25, 0.3) is 10.2 Å². The molecule has 2 aromatic heterocycles. The zero-order valence-corrected chi connectivity index (χ0v) is 10.6.